The average molecular weight is 303 g/mol. The first kappa shape index (κ1) is 15.9. The maximum absolute atomic E-state index is 6.52. The lowest BCUT2D eigenvalue weighted by Gasteiger charge is -2.28. The van der Waals surface area contributed by atoms with Gasteiger partial charge in [-0.25, -0.2) is 0 Å². The van der Waals surface area contributed by atoms with Crippen molar-refractivity contribution in [1.29, 1.82) is 0 Å². The van der Waals surface area contributed by atoms with E-state index in [1.165, 1.54) is 11.3 Å². The van der Waals surface area contributed by atoms with Crippen LogP contribution in [0.5, 0.6) is 0 Å². The first-order valence-electron chi connectivity index (χ1n) is 7.52. The first-order chi connectivity index (χ1) is 10.3. The van der Waals surface area contributed by atoms with Crippen LogP contribution >= 0.6 is 11.6 Å². The van der Waals surface area contributed by atoms with Crippen molar-refractivity contribution in [2.24, 2.45) is 0 Å². The van der Waals surface area contributed by atoms with Crippen molar-refractivity contribution >= 4 is 23.0 Å². The van der Waals surface area contributed by atoms with Gasteiger partial charge in [0.05, 0.1) is 10.7 Å². The summed E-state index contributed by atoms with van der Waals surface area (Å²) >= 11 is 6.52. The minimum atomic E-state index is 0.808. The number of para-hydroxylation sites is 2. The molecular formula is C18H23ClN2. The summed E-state index contributed by atoms with van der Waals surface area (Å²) in [4.78, 5) is 2.33. The Balaban J connectivity index is 2.46. The Morgan fingerprint density at radius 2 is 1.81 bits per heavy atom. The molecule has 0 aliphatic carbocycles. The SMILES string of the molecule is CCCCN(c1ccccc1)c1c(Cl)cccc1CNC. The molecule has 0 heterocycles. The van der Waals surface area contributed by atoms with E-state index in [0.29, 0.717) is 0 Å². The number of anilines is 2. The molecule has 0 amide bonds. The molecule has 0 unspecified atom stereocenters. The Bertz CT molecular complexity index is 554. The van der Waals surface area contributed by atoms with Gasteiger partial charge in [-0.05, 0) is 37.2 Å². The zero-order valence-corrected chi connectivity index (χ0v) is 13.5. The van der Waals surface area contributed by atoms with Crippen molar-refractivity contribution in [2.75, 3.05) is 18.5 Å². The molecule has 0 aromatic heterocycles. The summed E-state index contributed by atoms with van der Waals surface area (Å²) < 4.78 is 0. The number of benzene rings is 2. The lowest BCUT2D eigenvalue weighted by molar-refractivity contribution is 0.772. The largest absolute Gasteiger partial charge is 0.340 e. The Kier molecular flexibility index (Phi) is 6.09. The standard InChI is InChI=1S/C18H23ClN2/c1-3-4-13-21(16-10-6-5-7-11-16)18-15(14-20-2)9-8-12-17(18)19/h5-12,20H,3-4,13-14H2,1-2H3. The molecule has 0 fully saturated rings. The molecule has 1 N–H and O–H groups in total. The highest BCUT2D eigenvalue weighted by molar-refractivity contribution is 6.33. The molecule has 2 nitrogen and oxygen atoms in total. The van der Waals surface area contributed by atoms with E-state index in [9.17, 15) is 0 Å². The summed E-state index contributed by atoms with van der Waals surface area (Å²) in [6.07, 6.45) is 2.30. The molecule has 3 heteroatoms. The summed E-state index contributed by atoms with van der Waals surface area (Å²) in [6, 6.07) is 16.6. The third kappa shape index (κ3) is 3.99. The van der Waals surface area contributed by atoms with Gasteiger partial charge in [0, 0.05) is 18.8 Å². The minimum Gasteiger partial charge on any atom is -0.340 e. The van der Waals surface area contributed by atoms with Crippen molar-refractivity contribution in [2.45, 2.75) is 26.3 Å². The molecule has 21 heavy (non-hydrogen) atoms. The molecule has 0 spiro atoms. The van der Waals surface area contributed by atoms with Gasteiger partial charge in [0.25, 0.3) is 0 Å². The van der Waals surface area contributed by atoms with Crippen LogP contribution in [-0.2, 0) is 6.54 Å². The summed E-state index contributed by atoms with van der Waals surface area (Å²) in [5, 5.41) is 4.04. The van der Waals surface area contributed by atoms with Gasteiger partial charge in [-0.15, -0.1) is 0 Å². The van der Waals surface area contributed by atoms with Crippen LogP contribution in [0.4, 0.5) is 11.4 Å². The molecule has 0 atom stereocenters. The molecule has 2 aromatic rings. The highest BCUT2D eigenvalue weighted by atomic mass is 35.5. The molecule has 112 valence electrons. The zero-order chi connectivity index (χ0) is 15.1. The number of halogens is 1. The number of unbranched alkanes of at least 4 members (excludes halogenated alkanes) is 1. The lowest BCUT2D eigenvalue weighted by Crippen LogP contribution is -2.21. The molecule has 2 aromatic carbocycles. The van der Waals surface area contributed by atoms with Crippen LogP contribution in [0.2, 0.25) is 5.02 Å². The smallest absolute Gasteiger partial charge is 0.0646 e. The fraction of sp³-hybridized carbons (Fsp3) is 0.333. The zero-order valence-electron chi connectivity index (χ0n) is 12.8. The Labute approximate surface area is 132 Å². The first-order valence-corrected chi connectivity index (χ1v) is 7.90. The second-order valence-corrected chi connectivity index (χ2v) is 5.53. The number of rotatable bonds is 7. The van der Waals surface area contributed by atoms with Crippen LogP contribution in [0.3, 0.4) is 0 Å². The van der Waals surface area contributed by atoms with E-state index >= 15 is 0 Å². The number of nitrogens with one attached hydrogen (secondary N) is 1. The van der Waals surface area contributed by atoms with E-state index in [0.717, 1.165) is 36.6 Å². The minimum absolute atomic E-state index is 0.808. The summed E-state index contributed by atoms with van der Waals surface area (Å²) in [6.45, 7) is 4.00. The normalized spacial score (nSPS) is 10.6. The van der Waals surface area contributed by atoms with Crippen LogP contribution in [0, 0.1) is 0 Å². The second-order valence-electron chi connectivity index (χ2n) is 5.12. The van der Waals surface area contributed by atoms with Gasteiger partial charge in [0.2, 0.25) is 0 Å². The molecule has 0 aliphatic rings. The number of hydrogen-bond acceptors (Lipinski definition) is 2. The van der Waals surface area contributed by atoms with Crippen LogP contribution < -0.4 is 10.2 Å². The van der Waals surface area contributed by atoms with E-state index in [-0.39, 0.29) is 0 Å². The van der Waals surface area contributed by atoms with E-state index in [1.807, 2.05) is 25.2 Å². The number of hydrogen-bond donors (Lipinski definition) is 1. The fourth-order valence-electron chi connectivity index (χ4n) is 2.49. The summed E-state index contributed by atoms with van der Waals surface area (Å²) in [5.74, 6) is 0. The predicted molar refractivity (Wildman–Crippen MR) is 92.6 cm³/mol. The van der Waals surface area contributed by atoms with Gasteiger partial charge < -0.3 is 10.2 Å². The molecule has 0 bridgehead atoms. The van der Waals surface area contributed by atoms with Crippen LogP contribution in [0.1, 0.15) is 25.3 Å². The summed E-state index contributed by atoms with van der Waals surface area (Å²) in [5.41, 5.74) is 3.54. The monoisotopic (exact) mass is 302 g/mol. The van der Waals surface area contributed by atoms with Gasteiger partial charge in [-0.1, -0.05) is 55.3 Å². The predicted octanol–water partition coefficient (Wildman–Crippen LogP) is 5.00. The van der Waals surface area contributed by atoms with Crippen molar-refractivity contribution in [3.8, 4) is 0 Å². The Morgan fingerprint density at radius 1 is 1.05 bits per heavy atom. The average Bonchev–Trinajstić information content (AvgIpc) is 2.51. The maximum Gasteiger partial charge on any atom is 0.0646 e. The van der Waals surface area contributed by atoms with E-state index < -0.39 is 0 Å². The van der Waals surface area contributed by atoms with Crippen molar-refractivity contribution in [1.82, 2.24) is 5.32 Å². The molecular weight excluding hydrogens is 280 g/mol. The molecule has 0 aliphatic heterocycles. The fourth-order valence-corrected chi connectivity index (χ4v) is 2.79. The van der Waals surface area contributed by atoms with Gasteiger partial charge in [0.1, 0.15) is 0 Å². The molecule has 0 radical (unpaired) electrons. The highest BCUT2D eigenvalue weighted by Crippen LogP contribution is 2.35. The quantitative estimate of drug-likeness (QED) is 0.774. The van der Waals surface area contributed by atoms with E-state index in [4.69, 9.17) is 11.6 Å². The van der Waals surface area contributed by atoms with Crippen molar-refractivity contribution in [3.63, 3.8) is 0 Å². The van der Waals surface area contributed by atoms with E-state index in [1.54, 1.807) is 0 Å². The summed E-state index contributed by atoms with van der Waals surface area (Å²) in [7, 11) is 1.96. The van der Waals surface area contributed by atoms with E-state index in [2.05, 4.69) is 47.5 Å². The van der Waals surface area contributed by atoms with Gasteiger partial charge in [-0.2, -0.15) is 0 Å². The maximum atomic E-state index is 6.52. The molecule has 0 saturated carbocycles. The van der Waals surface area contributed by atoms with Crippen LogP contribution in [0.25, 0.3) is 0 Å². The topological polar surface area (TPSA) is 15.3 Å². The van der Waals surface area contributed by atoms with Gasteiger partial charge in [-0.3, -0.25) is 0 Å². The highest BCUT2D eigenvalue weighted by Gasteiger charge is 2.16. The second kappa shape index (κ2) is 8.06. The Morgan fingerprint density at radius 3 is 2.48 bits per heavy atom. The van der Waals surface area contributed by atoms with Gasteiger partial charge >= 0.3 is 0 Å². The van der Waals surface area contributed by atoms with Crippen molar-refractivity contribution in [3.05, 3.63) is 59.1 Å². The van der Waals surface area contributed by atoms with Crippen LogP contribution in [0.15, 0.2) is 48.5 Å². The third-order valence-corrected chi connectivity index (χ3v) is 3.82. The van der Waals surface area contributed by atoms with Crippen LogP contribution in [-0.4, -0.2) is 13.6 Å². The lowest BCUT2D eigenvalue weighted by atomic mass is 10.1. The molecule has 0 saturated heterocycles. The number of nitrogens with zero attached hydrogens (tertiary/aromatic N) is 1. The Hall–Kier alpha value is -1.51. The van der Waals surface area contributed by atoms with Gasteiger partial charge in [0.15, 0.2) is 0 Å². The third-order valence-electron chi connectivity index (χ3n) is 3.51. The van der Waals surface area contributed by atoms with Crippen molar-refractivity contribution < 1.29 is 0 Å². The molecule has 2 rings (SSSR count).